The summed E-state index contributed by atoms with van der Waals surface area (Å²) >= 11 is 0. The molecular weight excluding hydrogens is 500 g/mol. The second-order valence-electron chi connectivity index (χ2n) is 9.51. The van der Waals surface area contributed by atoms with E-state index in [0.717, 1.165) is 28.5 Å². The Bertz CT molecular complexity index is 1260. The number of rotatable bonds is 17. The maximum Gasteiger partial charge on any atom is 0.151 e. The summed E-state index contributed by atoms with van der Waals surface area (Å²) in [5.74, 6) is 0. The van der Waals surface area contributed by atoms with Gasteiger partial charge in [0.2, 0.25) is 0 Å². The summed E-state index contributed by atoms with van der Waals surface area (Å²) in [7, 11) is 0. The van der Waals surface area contributed by atoms with E-state index in [9.17, 15) is 4.79 Å². The minimum atomic E-state index is -0.893. The molecule has 0 aromatic heterocycles. The van der Waals surface area contributed by atoms with Crippen LogP contribution in [-0.2, 0) is 50.2 Å². The van der Waals surface area contributed by atoms with Crippen LogP contribution in [-0.4, -0.2) is 31.2 Å². The predicted molar refractivity (Wildman–Crippen MR) is 156 cm³/mol. The van der Waals surface area contributed by atoms with Gasteiger partial charge in [-0.1, -0.05) is 128 Å². The van der Waals surface area contributed by atoms with Gasteiger partial charge in [0.15, 0.2) is 6.29 Å². The first kappa shape index (κ1) is 29.1. The van der Waals surface area contributed by atoms with Crippen LogP contribution >= 0.6 is 0 Å². The molecule has 0 saturated heterocycles. The van der Waals surface area contributed by atoms with Crippen molar-refractivity contribution in [1.82, 2.24) is 0 Å². The lowest BCUT2D eigenvalue weighted by Crippen LogP contribution is -2.45. The number of benzene rings is 4. The summed E-state index contributed by atoms with van der Waals surface area (Å²) < 4.78 is 25.0. The summed E-state index contributed by atoms with van der Waals surface area (Å²) in [6, 6.07) is 39.4. The van der Waals surface area contributed by atoms with Gasteiger partial charge in [-0.3, -0.25) is 0 Å². The van der Waals surface area contributed by atoms with Crippen molar-refractivity contribution in [2.45, 2.75) is 44.7 Å². The maximum atomic E-state index is 12.5. The summed E-state index contributed by atoms with van der Waals surface area (Å²) in [6.45, 7) is 5.85. The van der Waals surface area contributed by atoms with E-state index in [2.05, 4.69) is 6.58 Å². The van der Waals surface area contributed by atoms with E-state index >= 15 is 0 Å². The fraction of sp³-hybridized carbons (Fsp3) is 0.229. The van der Waals surface area contributed by atoms with Crippen LogP contribution in [0.15, 0.2) is 133 Å². The molecule has 0 bridgehead atoms. The van der Waals surface area contributed by atoms with Crippen molar-refractivity contribution in [2.75, 3.05) is 6.61 Å². The van der Waals surface area contributed by atoms with E-state index in [1.54, 1.807) is 0 Å². The standard InChI is InChI=1S/C35H36O5/c1-28(23-37-24-29-14-6-2-7-15-29)34(39-26-31-18-10-4-11-19-31)35(40-27-32-20-12-5-13-21-32)33(22-36)38-25-30-16-8-3-9-17-30/h2-22,33-35H,1,23-27H2/t33-,34-,35-/m1/s1. The molecule has 0 aliphatic carbocycles. The van der Waals surface area contributed by atoms with Crippen LogP contribution in [0.5, 0.6) is 0 Å². The summed E-state index contributed by atoms with van der Waals surface area (Å²) in [5.41, 5.74) is 4.67. The first-order chi connectivity index (χ1) is 19.7. The first-order valence-corrected chi connectivity index (χ1v) is 13.4. The van der Waals surface area contributed by atoms with Crippen LogP contribution in [0.1, 0.15) is 22.3 Å². The molecule has 0 radical (unpaired) electrons. The van der Waals surface area contributed by atoms with Crippen LogP contribution in [0.2, 0.25) is 0 Å². The number of hydrogen-bond acceptors (Lipinski definition) is 5. The Morgan fingerprint density at radius 3 is 1.43 bits per heavy atom. The molecule has 4 aromatic rings. The Labute approximate surface area is 237 Å². The molecule has 0 fully saturated rings. The highest BCUT2D eigenvalue weighted by Gasteiger charge is 2.34. The van der Waals surface area contributed by atoms with Gasteiger partial charge in [-0.15, -0.1) is 0 Å². The van der Waals surface area contributed by atoms with Crippen LogP contribution in [0.4, 0.5) is 0 Å². The fourth-order valence-corrected chi connectivity index (χ4v) is 4.26. The number of carbonyl (C=O) groups excluding carboxylic acids is 1. The van der Waals surface area contributed by atoms with Crippen molar-refractivity contribution in [2.24, 2.45) is 0 Å². The molecule has 4 aromatic carbocycles. The van der Waals surface area contributed by atoms with Gasteiger partial charge in [-0.05, 0) is 27.8 Å². The Hall–Kier alpha value is -3.87. The van der Waals surface area contributed by atoms with Crippen molar-refractivity contribution in [3.63, 3.8) is 0 Å². The molecule has 0 amide bonds. The van der Waals surface area contributed by atoms with Gasteiger partial charge in [0.1, 0.15) is 18.3 Å². The normalized spacial score (nSPS) is 13.3. The molecule has 206 valence electrons. The molecule has 0 unspecified atom stereocenters. The van der Waals surface area contributed by atoms with E-state index in [0.29, 0.717) is 18.8 Å². The molecule has 40 heavy (non-hydrogen) atoms. The summed E-state index contributed by atoms with van der Waals surface area (Å²) in [4.78, 5) is 12.5. The third-order valence-electron chi connectivity index (χ3n) is 6.40. The largest absolute Gasteiger partial charge is 0.372 e. The van der Waals surface area contributed by atoms with Crippen LogP contribution in [0, 0.1) is 0 Å². The Balaban J connectivity index is 1.54. The molecule has 0 aliphatic heterocycles. The average molecular weight is 537 g/mol. The van der Waals surface area contributed by atoms with Gasteiger partial charge < -0.3 is 23.7 Å². The molecule has 0 aliphatic rings. The highest BCUT2D eigenvalue weighted by Crippen LogP contribution is 2.23. The van der Waals surface area contributed by atoms with Gasteiger partial charge in [-0.25, -0.2) is 0 Å². The molecule has 0 spiro atoms. The van der Waals surface area contributed by atoms with E-state index in [-0.39, 0.29) is 19.8 Å². The average Bonchev–Trinajstić information content (AvgIpc) is 3.01. The molecule has 5 heteroatoms. The fourth-order valence-electron chi connectivity index (χ4n) is 4.26. The number of ether oxygens (including phenoxy) is 4. The third-order valence-corrected chi connectivity index (χ3v) is 6.40. The lowest BCUT2D eigenvalue weighted by Gasteiger charge is -2.32. The van der Waals surface area contributed by atoms with Gasteiger partial charge in [-0.2, -0.15) is 0 Å². The zero-order valence-electron chi connectivity index (χ0n) is 22.6. The first-order valence-electron chi connectivity index (χ1n) is 13.4. The molecule has 0 heterocycles. The predicted octanol–water partition coefficient (Wildman–Crippen LogP) is 6.71. The van der Waals surface area contributed by atoms with E-state index in [4.69, 9.17) is 18.9 Å². The maximum absolute atomic E-state index is 12.5. The van der Waals surface area contributed by atoms with E-state index < -0.39 is 18.3 Å². The number of aldehydes is 1. The van der Waals surface area contributed by atoms with Gasteiger partial charge in [0.25, 0.3) is 0 Å². The lowest BCUT2D eigenvalue weighted by atomic mass is 10.0. The van der Waals surface area contributed by atoms with Gasteiger partial charge in [0, 0.05) is 0 Å². The van der Waals surface area contributed by atoms with Crippen LogP contribution < -0.4 is 0 Å². The van der Waals surface area contributed by atoms with Crippen molar-refractivity contribution >= 4 is 6.29 Å². The van der Waals surface area contributed by atoms with Crippen LogP contribution in [0.3, 0.4) is 0 Å². The molecule has 4 rings (SSSR count). The third kappa shape index (κ3) is 9.40. The van der Waals surface area contributed by atoms with Crippen molar-refractivity contribution < 1.29 is 23.7 Å². The summed E-state index contributed by atoms with van der Waals surface area (Å²) in [6.07, 6.45) is -1.52. The highest BCUT2D eigenvalue weighted by molar-refractivity contribution is 5.57. The monoisotopic (exact) mass is 536 g/mol. The lowest BCUT2D eigenvalue weighted by molar-refractivity contribution is -0.153. The van der Waals surface area contributed by atoms with E-state index in [1.807, 2.05) is 121 Å². The molecule has 3 atom stereocenters. The van der Waals surface area contributed by atoms with Gasteiger partial charge in [0.05, 0.1) is 33.0 Å². The number of hydrogen-bond donors (Lipinski definition) is 0. The Morgan fingerprint density at radius 1 is 0.575 bits per heavy atom. The molecule has 0 saturated carbocycles. The minimum Gasteiger partial charge on any atom is -0.372 e. The van der Waals surface area contributed by atoms with Crippen molar-refractivity contribution in [1.29, 1.82) is 0 Å². The topological polar surface area (TPSA) is 54.0 Å². The second-order valence-corrected chi connectivity index (χ2v) is 9.51. The Kier molecular flexibility index (Phi) is 11.9. The quantitative estimate of drug-likeness (QED) is 0.111. The molecular formula is C35H36O5. The number of carbonyl (C=O) groups is 1. The van der Waals surface area contributed by atoms with Crippen molar-refractivity contribution in [3.05, 3.63) is 156 Å². The van der Waals surface area contributed by atoms with Crippen LogP contribution in [0.25, 0.3) is 0 Å². The SMILES string of the molecule is C=C(COCc1ccccc1)[C@@H](OCc1ccccc1)[C@H](OCc1ccccc1)[C@@H](C=O)OCc1ccccc1. The molecule has 0 N–H and O–H groups in total. The van der Waals surface area contributed by atoms with Gasteiger partial charge >= 0.3 is 0 Å². The Morgan fingerprint density at radius 2 is 0.975 bits per heavy atom. The zero-order chi connectivity index (χ0) is 27.8. The highest BCUT2D eigenvalue weighted by atomic mass is 16.6. The van der Waals surface area contributed by atoms with Crippen molar-refractivity contribution in [3.8, 4) is 0 Å². The zero-order valence-corrected chi connectivity index (χ0v) is 22.6. The molecule has 5 nitrogen and oxygen atoms in total. The smallest absolute Gasteiger partial charge is 0.151 e. The second kappa shape index (κ2) is 16.3. The summed E-state index contributed by atoms with van der Waals surface area (Å²) in [5, 5.41) is 0. The minimum absolute atomic E-state index is 0.240. The van der Waals surface area contributed by atoms with E-state index in [1.165, 1.54) is 0 Å².